The second-order valence-electron chi connectivity index (χ2n) is 5.91. The molecule has 2 aromatic carbocycles. The summed E-state index contributed by atoms with van der Waals surface area (Å²) in [5.41, 5.74) is 1.97. The number of methoxy groups -OCH3 is 1. The lowest BCUT2D eigenvalue weighted by atomic mass is 10.1. The largest absolute Gasteiger partial charge is 0.489 e. The molecule has 7 heteroatoms. The number of ether oxygens (including phenoxy) is 2. The lowest BCUT2D eigenvalue weighted by molar-refractivity contribution is 0.0600. The van der Waals surface area contributed by atoms with Gasteiger partial charge in [-0.1, -0.05) is 37.0 Å². The molecule has 0 bridgehead atoms. The van der Waals surface area contributed by atoms with E-state index in [-0.39, 0.29) is 22.1 Å². The van der Waals surface area contributed by atoms with Gasteiger partial charge in [0.2, 0.25) is 0 Å². The number of esters is 1. The molecule has 28 heavy (non-hydrogen) atoms. The van der Waals surface area contributed by atoms with Gasteiger partial charge in [-0.15, -0.1) is 0 Å². The van der Waals surface area contributed by atoms with Crippen molar-refractivity contribution in [2.75, 3.05) is 12.4 Å². The molecular formula is C21H25Cl2NO4. The molecule has 0 aliphatic carbocycles. The zero-order valence-corrected chi connectivity index (χ0v) is 18.4. The van der Waals surface area contributed by atoms with Crippen LogP contribution in [0.4, 0.5) is 5.69 Å². The first-order valence-electron chi connectivity index (χ1n) is 8.89. The van der Waals surface area contributed by atoms with Gasteiger partial charge >= 0.3 is 5.97 Å². The van der Waals surface area contributed by atoms with E-state index in [1.807, 2.05) is 27.7 Å². The number of hydrogen-bond acceptors (Lipinski definition) is 4. The molecule has 0 spiro atoms. The van der Waals surface area contributed by atoms with E-state index in [1.165, 1.54) is 13.2 Å². The fourth-order valence-corrected chi connectivity index (χ4v) is 2.68. The van der Waals surface area contributed by atoms with Gasteiger partial charge in [0.1, 0.15) is 10.8 Å². The van der Waals surface area contributed by atoms with Gasteiger partial charge < -0.3 is 14.8 Å². The topological polar surface area (TPSA) is 64.6 Å². The predicted octanol–water partition coefficient (Wildman–Crippen LogP) is 6.15. The molecule has 0 saturated heterocycles. The maximum absolute atomic E-state index is 12.5. The first-order valence-corrected chi connectivity index (χ1v) is 9.64. The first kappa shape index (κ1) is 23.8. The van der Waals surface area contributed by atoms with E-state index in [0.29, 0.717) is 28.1 Å². The molecular weight excluding hydrogens is 401 g/mol. The highest BCUT2D eigenvalue weighted by molar-refractivity contribution is 6.43. The molecule has 152 valence electrons. The quantitative estimate of drug-likeness (QED) is 0.582. The zero-order chi connectivity index (χ0) is 21.4. The number of benzene rings is 2. The van der Waals surface area contributed by atoms with E-state index in [2.05, 4.69) is 5.32 Å². The van der Waals surface area contributed by atoms with Crippen LogP contribution >= 0.6 is 23.2 Å². The Morgan fingerprint density at radius 3 is 2.25 bits per heavy atom. The minimum absolute atomic E-state index is 0.115. The van der Waals surface area contributed by atoms with Gasteiger partial charge in [0.15, 0.2) is 0 Å². The van der Waals surface area contributed by atoms with Crippen LogP contribution in [-0.4, -0.2) is 25.1 Å². The van der Waals surface area contributed by atoms with Crippen molar-refractivity contribution in [2.24, 2.45) is 0 Å². The number of aryl methyl sites for hydroxylation is 1. The summed E-state index contributed by atoms with van der Waals surface area (Å²) in [7, 11) is 1.32. The SMILES string of the molecule is CC.COC(=O)c1ccc(NC(=O)c2cc(Cl)c(Cl)c(OC(C)C)c2)cc1C. The summed E-state index contributed by atoms with van der Waals surface area (Å²) >= 11 is 12.2. The average molecular weight is 426 g/mol. The number of rotatable bonds is 5. The smallest absolute Gasteiger partial charge is 0.338 e. The van der Waals surface area contributed by atoms with Gasteiger partial charge in [-0.2, -0.15) is 0 Å². The van der Waals surface area contributed by atoms with Crippen molar-refractivity contribution in [1.29, 1.82) is 0 Å². The first-order chi connectivity index (χ1) is 13.2. The lowest BCUT2D eigenvalue weighted by Gasteiger charge is -2.14. The number of carbonyl (C=O) groups is 2. The number of hydrogen-bond donors (Lipinski definition) is 1. The Hall–Kier alpha value is -2.24. The van der Waals surface area contributed by atoms with Gasteiger partial charge in [-0.05, 0) is 56.7 Å². The second kappa shape index (κ2) is 10.9. The Bertz CT molecular complexity index is 851. The van der Waals surface area contributed by atoms with Gasteiger partial charge in [-0.3, -0.25) is 4.79 Å². The minimum atomic E-state index is -0.430. The van der Waals surface area contributed by atoms with Crippen LogP contribution in [0.2, 0.25) is 10.0 Å². The van der Waals surface area contributed by atoms with Gasteiger partial charge in [0.25, 0.3) is 5.91 Å². The van der Waals surface area contributed by atoms with Gasteiger partial charge in [0, 0.05) is 11.3 Å². The van der Waals surface area contributed by atoms with Crippen LogP contribution in [0.5, 0.6) is 5.75 Å². The fourth-order valence-electron chi connectivity index (χ4n) is 2.32. The molecule has 0 aliphatic heterocycles. The van der Waals surface area contributed by atoms with Crippen LogP contribution in [0, 0.1) is 6.92 Å². The Labute approximate surface area is 175 Å². The van der Waals surface area contributed by atoms with Gasteiger partial charge in [-0.25, -0.2) is 4.79 Å². The highest BCUT2D eigenvalue weighted by Gasteiger charge is 2.16. The van der Waals surface area contributed by atoms with Crippen LogP contribution in [0.1, 0.15) is 54.0 Å². The van der Waals surface area contributed by atoms with Crippen molar-refractivity contribution in [3.63, 3.8) is 0 Å². The lowest BCUT2D eigenvalue weighted by Crippen LogP contribution is -2.14. The molecule has 0 saturated carbocycles. The summed E-state index contributed by atoms with van der Waals surface area (Å²) in [5.74, 6) is -0.459. The second-order valence-corrected chi connectivity index (χ2v) is 6.70. The highest BCUT2D eigenvalue weighted by Crippen LogP contribution is 2.34. The number of amides is 1. The molecule has 0 radical (unpaired) electrons. The van der Waals surface area contributed by atoms with Crippen LogP contribution in [0.3, 0.4) is 0 Å². The summed E-state index contributed by atoms with van der Waals surface area (Å²) in [6.45, 7) is 9.46. The van der Waals surface area contributed by atoms with Crippen LogP contribution < -0.4 is 10.1 Å². The Kier molecular flexibility index (Phi) is 9.29. The third-order valence-corrected chi connectivity index (χ3v) is 4.29. The molecule has 0 atom stereocenters. The van der Waals surface area contributed by atoms with E-state index >= 15 is 0 Å². The monoisotopic (exact) mass is 425 g/mol. The molecule has 2 rings (SSSR count). The fraction of sp³-hybridized carbons (Fsp3) is 0.333. The van der Waals surface area contributed by atoms with E-state index in [1.54, 1.807) is 31.2 Å². The Balaban J connectivity index is 0.00000190. The van der Waals surface area contributed by atoms with E-state index < -0.39 is 5.97 Å². The summed E-state index contributed by atoms with van der Waals surface area (Å²) in [5, 5.41) is 3.25. The van der Waals surface area contributed by atoms with E-state index in [0.717, 1.165) is 0 Å². The average Bonchev–Trinajstić information content (AvgIpc) is 2.66. The summed E-state index contributed by atoms with van der Waals surface area (Å²) in [6, 6.07) is 7.92. The van der Waals surface area contributed by atoms with Crippen molar-refractivity contribution in [1.82, 2.24) is 0 Å². The Morgan fingerprint density at radius 2 is 1.71 bits per heavy atom. The molecule has 2 aromatic rings. The number of carbonyl (C=O) groups excluding carboxylic acids is 2. The highest BCUT2D eigenvalue weighted by atomic mass is 35.5. The summed E-state index contributed by atoms with van der Waals surface area (Å²) < 4.78 is 10.3. The maximum atomic E-state index is 12.5. The molecule has 5 nitrogen and oxygen atoms in total. The molecule has 1 N–H and O–H groups in total. The van der Waals surface area contributed by atoms with E-state index in [4.69, 9.17) is 32.7 Å². The zero-order valence-electron chi connectivity index (χ0n) is 16.9. The molecule has 0 aromatic heterocycles. The van der Waals surface area contributed by atoms with Gasteiger partial charge in [0.05, 0.1) is 23.8 Å². The van der Waals surface area contributed by atoms with Crippen LogP contribution in [-0.2, 0) is 4.74 Å². The summed E-state index contributed by atoms with van der Waals surface area (Å²) in [4.78, 5) is 24.2. The maximum Gasteiger partial charge on any atom is 0.338 e. The number of nitrogens with one attached hydrogen (secondary N) is 1. The molecule has 1 amide bonds. The van der Waals surface area contributed by atoms with Crippen molar-refractivity contribution >= 4 is 40.8 Å². The Morgan fingerprint density at radius 1 is 1.07 bits per heavy atom. The minimum Gasteiger partial charge on any atom is -0.489 e. The normalized spacial score (nSPS) is 10.0. The molecule has 0 aliphatic rings. The van der Waals surface area contributed by atoms with Crippen LogP contribution in [0.25, 0.3) is 0 Å². The molecule has 0 heterocycles. The van der Waals surface area contributed by atoms with Crippen molar-refractivity contribution in [3.8, 4) is 5.75 Å². The van der Waals surface area contributed by atoms with E-state index in [9.17, 15) is 9.59 Å². The standard InChI is InChI=1S/C19H19Cl2NO4.C2H6/c1-10(2)26-16-9-12(8-15(20)17(16)21)18(23)22-13-5-6-14(11(3)7-13)19(24)25-4;1-2/h5-10H,1-4H3,(H,22,23);1-2H3. The summed E-state index contributed by atoms with van der Waals surface area (Å²) in [6.07, 6.45) is -0.115. The third kappa shape index (κ3) is 6.14. The van der Waals surface area contributed by atoms with Crippen LogP contribution in [0.15, 0.2) is 30.3 Å². The van der Waals surface area contributed by atoms with Crippen molar-refractivity contribution in [2.45, 2.75) is 40.7 Å². The number of halogens is 2. The number of anilines is 1. The molecule has 0 unspecified atom stereocenters. The van der Waals surface area contributed by atoms with Crippen molar-refractivity contribution < 1.29 is 19.1 Å². The molecule has 0 fully saturated rings. The van der Waals surface area contributed by atoms with Crippen molar-refractivity contribution in [3.05, 3.63) is 57.1 Å². The third-order valence-electron chi connectivity index (χ3n) is 3.51. The predicted molar refractivity (Wildman–Crippen MR) is 114 cm³/mol.